The van der Waals surface area contributed by atoms with Gasteiger partial charge in [-0.1, -0.05) is 29.8 Å². The van der Waals surface area contributed by atoms with E-state index in [0.29, 0.717) is 5.91 Å². The number of hydrogen-bond acceptors (Lipinski definition) is 2. The van der Waals surface area contributed by atoms with E-state index >= 15 is 0 Å². The van der Waals surface area contributed by atoms with Crippen LogP contribution in [0, 0.1) is 0 Å². The molecule has 0 aromatic heterocycles. The summed E-state index contributed by atoms with van der Waals surface area (Å²) >= 11 is 6.07. The Kier molecular flexibility index (Phi) is 5.02. The predicted molar refractivity (Wildman–Crippen MR) is 73.6 cm³/mol. The molecule has 1 fully saturated rings. The topological polar surface area (TPSA) is 32.3 Å². The molecule has 98 valence electrons. The lowest BCUT2D eigenvalue weighted by atomic mass is 10.2. The second-order valence-corrected chi connectivity index (χ2v) is 5.01. The molecule has 0 aliphatic carbocycles. The highest BCUT2D eigenvalue weighted by Gasteiger charge is 2.18. The molecule has 1 aromatic carbocycles. The van der Waals surface area contributed by atoms with Crippen LogP contribution in [0.3, 0.4) is 0 Å². The van der Waals surface area contributed by atoms with Crippen LogP contribution in [-0.4, -0.2) is 30.4 Å². The minimum Gasteiger partial charge on any atom is -0.343 e. The van der Waals surface area contributed by atoms with E-state index in [2.05, 4.69) is 5.32 Å². The van der Waals surface area contributed by atoms with Gasteiger partial charge in [-0.05, 0) is 31.0 Å². The van der Waals surface area contributed by atoms with Crippen LogP contribution in [0.1, 0.15) is 24.8 Å². The number of amides is 1. The van der Waals surface area contributed by atoms with Gasteiger partial charge in [0, 0.05) is 31.1 Å². The highest BCUT2D eigenvalue weighted by molar-refractivity contribution is 6.31. The van der Waals surface area contributed by atoms with Crippen molar-refractivity contribution in [2.24, 2.45) is 0 Å². The number of nitrogens with zero attached hydrogens (tertiary/aromatic N) is 1. The van der Waals surface area contributed by atoms with Crippen LogP contribution in [0.15, 0.2) is 24.3 Å². The minimum atomic E-state index is 0.307. The molecule has 0 bridgehead atoms. The van der Waals surface area contributed by atoms with E-state index in [1.807, 2.05) is 29.2 Å². The summed E-state index contributed by atoms with van der Waals surface area (Å²) in [6.45, 7) is 3.50. The predicted octanol–water partition coefficient (Wildman–Crippen LogP) is 2.44. The summed E-state index contributed by atoms with van der Waals surface area (Å²) < 4.78 is 0. The third kappa shape index (κ3) is 3.72. The summed E-state index contributed by atoms with van der Waals surface area (Å²) in [4.78, 5) is 13.3. The van der Waals surface area contributed by atoms with Crippen LogP contribution in [0.4, 0.5) is 0 Å². The maximum absolute atomic E-state index is 11.4. The third-order valence-corrected chi connectivity index (χ3v) is 3.59. The van der Waals surface area contributed by atoms with E-state index in [0.717, 1.165) is 56.0 Å². The van der Waals surface area contributed by atoms with Gasteiger partial charge in [0.25, 0.3) is 0 Å². The molecule has 1 amide bonds. The zero-order chi connectivity index (χ0) is 12.8. The zero-order valence-corrected chi connectivity index (χ0v) is 11.2. The van der Waals surface area contributed by atoms with Gasteiger partial charge in [0.15, 0.2) is 0 Å². The van der Waals surface area contributed by atoms with Crippen molar-refractivity contribution in [2.75, 3.05) is 19.6 Å². The van der Waals surface area contributed by atoms with Crippen molar-refractivity contribution in [1.82, 2.24) is 10.2 Å². The Labute approximate surface area is 113 Å². The molecule has 0 atom stereocenters. The first-order valence-electron chi connectivity index (χ1n) is 6.49. The van der Waals surface area contributed by atoms with Crippen molar-refractivity contribution in [2.45, 2.75) is 25.8 Å². The average molecular weight is 267 g/mol. The fourth-order valence-corrected chi connectivity index (χ4v) is 2.40. The molecule has 2 rings (SSSR count). The standard InChI is InChI=1S/C14H19ClN2O/c15-13-6-2-1-5-12(13)11-16-8-4-10-17-9-3-7-14(17)18/h1-2,5-6,16H,3-4,7-11H2. The van der Waals surface area contributed by atoms with Crippen LogP contribution >= 0.6 is 11.6 Å². The first-order valence-corrected chi connectivity index (χ1v) is 6.87. The lowest BCUT2D eigenvalue weighted by Crippen LogP contribution is -2.28. The van der Waals surface area contributed by atoms with Crippen LogP contribution < -0.4 is 5.32 Å². The highest BCUT2D eigenvalue weighted by atomic mass is 35.5. The van der Waals surface area contributed by atoms with Gasteiger partial charge in [-0.15, -0.1) is 0 Å². The number of nitrogens with one attached hydrogen (secondary N) is 1. The van der Waals surface area contributed by atoms with Crippen LogP contribution in [0.2, 0.25) is 5.02 Å². The molecule has 1 N–H and O–H groups in total. The Balaban J connectivity index is 1.62. The van der Waals surface area contributed by atoms with E-state index < -0.39 is 0 Å². The summed E-state index contributed by atoms with van der Waals surface area (Å²) in [7, 11) is 0. The van der Waals surface area contributed by atoms with Gasteiger partial charge in [0.05, 0.1) is 0 Å². The summed E-state index contributed by atoms with van der Waals surface area (Å²) in [6, 6.07) is 7.86. The molecule has 0 saturated carbocycles. The summed E-state index contributed by atoms with van der Waals surface area (Å²) in [5.74, 6) is 0.307. The molecule has 1 aromatic rings. The number of carbonyl (C=O) groups is 1. The minimum absolute atomic E-state index is 0.307. The summed E-state index contributed by atoms with van der Waals surface area (Å²) in [5, 5.41) is 4.16. The molecular formula is C14H19ClN2O. The Morgan fingerprint density at radius 2 is 2.17 bits per heavy atom. The van der Waals surface area contributed by atoms with Crippen LogP contribution in [0.5, 0.6) is 0 Å². The maximum atomic E-state index is 11.4. The molecule has 4 heteroatoms. The fraction of sp³-hybridized carbons (Fsp3) is 0.500. The first-order chi connectivity index (χ1) is 8.77. The van der Waals surface area contributed by atoms with E-state index in [-0.39, 0.29) is 0 Å². The number of halogens is 1. The van der Waals surface area contributed by atoms with E-state index in [9.17, 15) is 4.79 Å². The SMILES string of the molecule is O=C1CCCN1CCCNCc1ccccc1Cl. The number of hydrogen-bond donors (Lipinski definition) is 1. The molecule has 1 aliphatic rings. The van der Waals surface area contributed by atoms with Gasteiger partial charge < -0.3 is 10.2 Å². The zero-order valence-electron chi connectivity index (χ0n) is 10.5. The van der Waals surface area contributed by atoms with E-state index in [1.165, 1.54) is 0 Å². The molecule has 0 radical (unpaired) electrons. The normalized spacial score (nSPS) is 15.4. The Hall–Kier alpha value is -1.06. The van der Waals surface area contributed by atoms with Gasteiger partial charge in [-0.25, -0.2) is 0 Å². The Morgan fingerprint density at radius 1 is 1.33 bits per heavy atom. The first kappa shape index (κ1) is 13.4. The molecular weight excluding hydrogens is 248 g/mol. The van der Waals surface area contributed by atoms with Crippen molar-refractivity contribution in [3.05, 3.63) is 34.9 Å². The molecule has 1 saturated heterocycles. The monoisotopic (exact) mass is 266 g/mol. The second-order valence-electron chi connectivity index (χ2n) is 4.61. The number of benzene rings is 1. The third-order valence-electron chi connectivity index (χ3n) is 3.23. The average Bonchev–Trinajstić information content (AvgIpc) is 2.77. The van der Waals surface area contributed by atoms with Crippen molar-refractivity contribution in [3.8, 4) is 0 Å². The number of carbonyl (C=O) groups excluding carboxylic acids is 1. The van der Waals surface area contributed by atoms with Crippen molar-refractivity contribution in [3.63, 3.8) is 0 Å². The molecule has 1 heterocycles. The molecule has 0 unspecified atom stereocenters. The second kappa shape index (κ2) is 6.76. The lowest BCUT2D eigenvalue weighted by molar-refractivity contribution is -0.127. The van der Waals surface area contributed by atoms with Crippen molar-refractivity contribution < 1.29 is 4.79 Å². The highest BCUT2D eigenvalue weighted by Crippen LogP contribution is 2.14. The van der Waals surface area contributed by atoms with Crippen molar-refractivity contribution >= 4 is 17.5 Å². The maximum Gasteiger partial charge on any atom is 0.222 e. The van der Waals surface area contributed by atoms with Crippen molar-refractivity contribution in [1.29, 1.82) is 0 Å². The van der Waals surface area contributed by atoms with Gasteiger partial charge in [-0.3, -0.25) is 4.79 Å². The molecule has 0 spiro atoms. The molecule has 1 aliphatic heterocycles. The van der Waals surface area contributed by atoms with Gasteiger partial charge in [-0.2, -0.15) is 0 Å². The summed E-state index contributed by atoms with van der Waals surface area (Å²) in [6.07, 6.45) is 2.75. The molecule has 18 heavy (non-hydrogen) atoms. The van der Waals surface area contributed by atoms with Gasteiger partial charge >= 0.3 is 0 Å². The number of rotatable bonds is 6. The smallest absolute Gasteiger partial charge is 0.222 e. The van der Waals surface area contributed by atoms with E-state index in [4.69, 9.17) is 11.6 Å². The van der Waals surface area contributed by atoms with E-state index in [1.54, 1.807) is 0 Å². The van der Waals surface area contributed by atoms with Gasteiger partial charge in [0.2, 0.25) is 5.91 Å². The quantitative estimate of drug-likeness (QED) is 0.802. The van der Waals surface area contributed by atoms with Crippen LogP contribution in [-0.2, 0) is 11.3 Å². The fourth-order valence-electron chi connectivity index (χ4n) is 2.20. The number of likely N-dealkylation sites (tertiary alicyclic amines) is 1. The summed E-state index contributed by atoms with van der Waals surface area (Å²) in [5.41, 5.74) is 1.12. The van der Waals surface area contributed by atoms with Gasteiger partial charge in [0.1, 0.15) is 0 Å². The lowest BCUT2D eigenvalue weighted by Gasteiger charge is -2.15. The van der Waals surface area contributed by atoms with Crippen LogP contribution in [0.25, 0.3) is 0 Å². The largest absolute Gasteiger partial charge is 0.343 e. The Morgan fingerprint density at radius 3 is 2.89 bits per heavy atom. The Bertz CT molecular complexity index is 409. The molecule has 3 nitrogen and oxygen atoms in total.